The maximum Gasteiger partial charge on any atom is 0.235 e. The molecule has 0 amide bonds. The number of fused-ring (bicyclic) bond motifs is 1. The molecule has 14 heavy (non-hydrogen) atoms. The van der Waals surface area contributed by atoms with E-state index in [0.717, 1.165) is 29.2 Å². The minimum absolute atomic E-state index is 0.273. The second-order valence-corrected chi connectivity index (χ2v) is 4.13. The van der Waals surface area contributed by atoms with Gasteiger partial charge in [-0.05, 0) is 11.4 Å². The molecule has 0 radical (unpaired) electrons. The zero-order chi connectivity index (χ0) is 9.38. The summed E-state index contributed by atoms with van der Waals surface area (Å²) in [6.45, 7) is 1.83. The molecule has 0 unspecified atom stereocenters. The summed E-state index contributed by atoms with van der Waals surface area (Å²) in [5.74, 6) is 0.719. The largest absolute Gasteiger partial charge is 0.471 e. The van der Waals surface area contributed by atoms with Gasteiger partial charge in [0.1, 0.15) is 17.1 Å². The molecule has 0 saturated carbocycles. The highest BCUT2D eigenvalue weighted by molar-refractivity contribution is 7.17. The Morgan fingerprint density at radius 1 is 1.43 bits per heavy atom. The topological polar surface area (TPSA) is 47.0 Å². The minimum Gasteiger partial charge on any atom is -0.471 e. The van der Waals surface area contributed by atoms with E-state index in [1.807, 2.05) is 11.4 Å². The molecule has 1 N–H and O–H groups in total. The van der Waals surface area contributed by atoms with Gasteiger partial charge in [0, 0.05) is 13.1 Å². The van der Waals surface area contributed by atoms with E-state index in [1.165, 1.54) is 0 Å². The van der Waals surface area contributed by atoms with Crippen molar-refractivity contribution < 1.29 is 4.74 Å². The zero-order valence-electron chi connectivity index (χ0n) is 7.43. The van der Waals surface area contributed by atoms with Gasteiger partial charge in [-0.15, -0.1) is 11.3 Å². The molecule has 2 aromatic rings. The first-order chi connectivity index (χ1) is 6.93. The summed E-state index contributed by atoms with van der Waals surface area (Å²) in [6, 6.07) is 1.98. The molecule has 0 atom stereocenters. The fourth-order valence-electron chi connectivity index (χ4n) is 1.35. The Hall–Kier alpha value is -1.20. The smallest absolute Gasteiger partial charge is 0.235 e. The molecule has 0 bridgehead atoms. The van der Waals surface area contributed by atoms with Gasteiger partial charge in [-0.25, -0.2) is 9.97 Å². The Balaban J connectivity index is 1.97. The van der Waals surface area contributed by atoms with E-state index < -0.39 is 0 Å². The first-order valence-corrected chi connectivity index (χ1v) is 5.37. The molecule has 2 aromatic heterocycles. The lowest BCUT2D eigenvalue weighted by Crippen LogP contribution is -2.50. The Labute approximate surface area is 84.9 Å². The number of nitrogens with one attached hydrogen (secondary N) is 1. The Bertz CT molecular complexity index is 452. The average molecular weight is 207 g/mol. The number of aromatic nitrogens is 2. The summed E-state index contributed by atoms with van der Waals surface area (Å²) >= 11 is 1.62. The third kappa shape index (κ3) is 1.25. The van der Waals surface area contributed by atoms with Gasteiger partial charge in [0.15, 0.2) is 0 Å². The number of hydrogen-bond donors (Lipinski definition) is 1. The Morgan fingerprint density at radius 2 is 2.36 bits per heavy atom. The second-order valence-electron chi connectivity index (χ2n) is 3.21. The van der Waals surface area contributed by atoms with E-state index in [4.69, 9.17) is 4.74 Å². The van der Waals surface area contributed by atoms with Gasteiger partial charge in [-0.3, -0.25) is 0 Å². The highest BCUT2D eigenvalue weighted by Crippen LogP contribution is 2.27. The molecule has 72 valence electrons. The van der Waals surface area contributed by atoms with E-state index >= 15 is 0 Å². The van der Waals surface area contributed by atoms with Crippen LogP contribution >= 0.6 is 11.3 Å². The van der Waals surface area contributed by atoms with Crippen LogP contribution in [0.5, 0.6) is 5.88 Å². The molecule has 4 nitrogen and oxygen atoms in total. The summed E-state index contributed by atoms with van der Waals surface area (Å²) < 4.78 is 6.76. The van der Waals surface area contributed by atoms with Crippen molar-refractivity contribution in [3.63, 3.8) is 0 Å². The molecule has 5 heteroatoms. The van der Waals surface area contributed by atoms with Crippen molar-refractivity contribution in [1.29, 1.82) is 0 Å². The highest BCUT2D eigenvalue weighted by atomic mass is 32.1. The van der Waals surface area contributed by atoms with E-state index in [9.17, 15) is 0 Å². The number of ether oxygens (including phenoxy) is 1. The predicted molar refractivity (Wildman–Crippen MR) is 54.7 cm³/mol. The Kier molecular flexibility index (Phi) is 1.85. The maximum atomic E-state index is 5.72. The molecule has 0 aliphatic carbocycles. The fourth-order valence-corrected chi connectivity index (χ4v) is 2.13. The molecule has 0 aromatic carbocycles. The van der Waals surface area contributed by atoms with E-state index in [-0.39, 0.29) is 6.10 Å². The molecule has 3 heterocycles. The van der Waals surface area contributed by atoms with Crippen molar-refractivity contribution in [2.45, 2.75) is 6.10 Å². The standard InChI is InChI=1S/C9H9N3OS/c1-2-14-8-7(1)11-5-12-9(8)13-6-3-10-4-6/h1-2,5-6,10H,3-4H2. The van der Waals surface area contributed by atoms with Crippen molar-refractivity contribution in [2.24, 2.45) is 0 Å². The minimum atomic E-state index is 0.273. The van der Waals surface area contributed by atoms with Gasteiger partial charge in [0.05, 0.1) is 5.52 Å². The Morgan fingerprint density at radius 3 is 3.14 bits per heavy atom. The summed E-state index contributed by atoms with van der Waals surface area (Å²) in [7, 11) is 0. The van der Waals surface area contributed by atoms with Crippen molar-refractivity contribution in [1.82, 2.24) is 15.3 Å². The van der Waals surface area contributed by atoms with Crippen LogP contribution in [0.2, 0.25) is 0 Å². The van der Waals surface area contributed by atoms with E-state index in [0.29, 0.717) is 0 Å². The molecule has 0 spiro atoms. The monoisotopic (exact) mass is 207 g/mol. The second kappa shape index (κ2) is 3.18. The van der Waals surface area contributed by atoms with Crippen molar-refractivity contribution >= 4 is 21.6 Å². The van der Waals surface area contributed by atoms with E-state index in [2.05, 4.69) is 15.3 Å². The number of thiophene rings is 1. The van der Waals surface area contributed by atoms with Gasteiger partial charge in [0.25, 0.3) is 0 Å². The molecule has 1 aliphatic rings. The molecular formula is C9H9N3OS. The van der Waals surface area contributed by atoms with Crippen LogP contribution in [-0.2, 0) is 0 Å². The lowest BCUT2D eigenvalue weighted by molar-refractivity contribution is 0.138. The number of hydrogen-bond acceptors (Lipinski definition) is 5. The third-order valence-corrected chi connectivity index (χ3v) is 3.12. The number of rotatable bonds is 2. The van der Waals surface area contributed by atoms with Crippen LogP contribution in [-0.4, -0.2) is 29.2 Å². The summed E-state index contributed by atoms with van der Waals surface area (Å²) in [4.78, 5) is 8.31. The van der Waals surface area contributed by atoms with Gasteiger partial charge >= 0.3 is 0 Å². The van der Waals surface area contributed by atoms with Gasteiger partial charge < -0.3 is 10.1 Å². The van der Waals surface area contributed by atoms with E-state index in [1.54, 1.807) is 17.7 Å². The lowest BCUT2D eigenvalue weighted by atomic mass is 10.2. The van der Waals surface area contributed by atoms with Gasteiger partial charge in [-0.2, -0.15) is 0 Å². The zero-order valence-corrected chi connectivity index (χ0v) is 8.25. The highest BCUT2D eigenvalue weighted by Gasteiger charge is 2.20. The van der Waals surface area contributed by atoms with Crippen LogP contribution in [0.1, 0.15) is 0 Å². The maximum absolute atomic E-state index is 5.72. The number of nitrogens with zero attached hydrogens (tertiary/aromatic N) is 2. The average Bonchev–Trinajstić information content (AvgIpc) is 2.59. The molecule has 1 aliphatic heterocycles. The normalized spacial score (nSPS) is 16.9. The summed E-state index contributed by atoms with van der Waals surface area (Å²) in [5, 5.41) is 5.16. The lowest BCUT2D eigenvalue weighted by Gasteiger charge is -2.27. The van der Waals surface area contributed by atoms with Gasteiger partial charge in [0.2, 0.25) is 5.88 Å². The van der Waals surface area contributed by atoms with Crippen LogP contribution < -0.4 is 10.1 Å². The molecular weight excluding hydrogens is 198 g/mol. The van der Waals surface area contributed by atoms with Crippen LogP contribution in [0, 0.1) is 0 Å². The molecule has 1 saturated heterocycles. The van der Waals surface area contributed by atoms with Crippen molar-refractivity contribution in [2.75, 3.05) is 13.1 Å². The van der Waals surface area contributed by atoms with Crippen LogP contribution in [0.4, 0.5) is 0 Å². The molecule has 3 rings (SSSR count). The summed E-state index contributed by atoms with van der Waals surface area (Å²) in [5.41, 5.74) is 0.965. The summed E-state index contributed by atoms with van der Waals surface area (Å²) in [6.07, 6.45) is 1.83. The van der Waals surface area contributed by atoms with Crippen LogP contribution in [0.25, 0.3) is 10.2 Å². The SMILES string of the molecule is c1nc(OC2CNC2)c2sccc2n1. The fraction of sp³-hybridized carbons (Fsp3) is 0.333. The van der Waals surface area contributed by atoms with Crippen LogP contribution in [0.3, 0.4) is 0 Å². The van der Waals surface area contributed by atoms with Crippen molar-refractivity contribution in [3.8, 4) is 5.88 Å². The molecule has 1 fully saturated rings. The first kappa shape index (κ1) is 8.14. The third-order valence-electron chi connectivity index (χ3n) is 2.23. The quantitative estimate of drug-likeness (QED) is 0.799. The van der Waals surface area contributed by atoms with Crippen LogP contribution in [0.15, 0.2) is 17.8 Å². The van der Waals surface area contributed by atoms with Gasteiger partial charge in [-0.1, -0.05) is 0 Å². The predicted octanol–water partition coefficient (Wildman–Crippen LogP) is 1.04. The van der Waals surface area contributed by atoms with Crippen molar-refractivity contribution in [3.05, 3.63) is 17.8 Å². The first-order valence-electron chi connectivity index (χ1n) is 4.49.